The number of amides is 1. The second-order valence-corrected chi connectivity index (χ2v) is 7.60. The number of hydrogen-bond acceptors (Lipinski definition) is 6. The Balaban J connectivity index is 1.58. The van der Waals surface area contributed by atoms with E-state index in [0.29, 0.717) is 23.7 Å². The monoisotopic (exact) mass is 409 g/mol. The van der Waals surface area contributed by atoms with Crippen molar-refractivity contribution in [2.75, 3.05) is 31.6 Å². The highest BCUT2D eigenvalue weighted by atomic mass is 16.5. The molecule has 0 bridgehead atoms. The van der Waals surface area contributed by atoms with Crippen LogP contribution in [0.1, 0.15) is 34.8 Å². The molecule has 30 heavy (non-hydrogen) atoms. The van der Waals surface area contributed by atoms with E-state index >= 15 is 0 Å². The lowest BCUT2D eigenvalue weighted by Crippen LogP contribution is -2.25. The van der Waals surface area contributed by atoms with Crippen LogP contribution >= 0.6 is 0 Å². The van der Waals surface area contributed by atoms with Crippen molar-refractivity contribution in [1.29, 1.82) is 0 Å². The molecule has 3 aromatic rings. The lowest BCUT2D eigenvalue weighted by molar-refractivity contribution is 0.101. The normalized spacial score (nSPS) is 14.2. The van der Waals surface area contributed by atoms with Gasteiger partial charge in [0.15, 0.2) is 0 Å². The number of hydrogen-bond donors (Lipinski definition) is 1. The molecule has 0 spiro atoms. The number of ether oxygens (including phenoxy) is 1. The van der Waals surface area contributed by atoms with Gasteiger partial charge in [0.25, 0.3) is 5.91 Å². The first kappa shape index (κ1) is 20.2. The summed E-state index contributed by atoms with van der Waals surface area (Å²) < 4.78 is 13.1. The van der Waals surface area contributed by atoms with Crippen molar-refractivity contribution in [2.24, 2.45) is 7.05 Å². The summed E-state index contributed by atoms with van der Waals surface area (Å²) in [5, 5.41) is 11.1. The van der Waals surface area contributed by atoms with Gasteiger partial charge in [0.1, 0.15) is 23.8 Å². The maximum atomic E-state index is 12.6. The molecule has 3 heterocycles. The Morgan fingerprint density at radius 3 is 2.70 bits per heavy atom. The van der Waals surface area contributed by atoms with Crippen molar-refractivity contribution in [3.05, 3.63) is 47.6 Å². The largest absolute Gasteiger partial charge is 0.492 e. The average molecular weight is 409 g/mol. The first-order chi connectivity index (χ1) is 14.5. The smallest absolute Gasteiger partial charge is 0.273 e. The van der Waals surface area contributed by atoms with Crippen molar-refractivity contribution >= 4 is 11.6 Å². The quantitative estimate of drug-likeness (QED) is 0.644. The Morgan fingerprint density at radius 2 is 2.03 bits per heavy atom. The van der Waals surface area contributed by atoms with E-state index in [1.807, 2.05) is 32.0 Å². The van der Waals surface area contributed by atoms with Crippen LogP contribution in [0, 0.1) is 13.8 Å². The van der Waals surface area contributed by atoms with E-state index < -0.39 is 0 Å². The van der Waals surface area contributed by atoms with Gasteiger partial charge < -0.3 is 14.6 Å². The number of aryl methyl sites for hydroxylation is 3. The Kier molecular flexibility index (Phi) is 5.85. The van der Waals surface area contributed by atoms with Gasteiger partial charge in [-0.15, -0.1) is 0 Å². The molecule has 1 amide bonds. The minimum atomic E-state index is -0.220. The summed E-state index contributed by atoms with van der Waals surface area (Å²) in [7, 11) is 1.74. The third kappa shape index (κ3) is 4.23. The molecule has 1 aliphatic heterocycles. The first-order valence-corrected chi connectivity index (χ1v) is 10.2. The molecule has 8 nitrogen and oxygen atoms in total. The van der Waals surface area contributed by atoms with Crippen LogP contribution in [0.2, 0.25) is 0 Å². The molecule has 1 N–H and O–H groups in total. The van der Waals surface area contributed by atoms with Gasteiger partial charge >= 0.3 is 0 Å². The summed E-state index contributed by atoms with van der Waals surface area (Å²) in [5.74, 6) is 1.25. The van der Waals surface area contributed by atoms with Gasteiger partial charge in [-0.25, -0.2) is 0 Å². The number of benzene rings is 1. The van der Waals surface area contributed by atoms with Crippen LogP contribution in [0.3, 0.4) is 0 Å². The highest BCUT2D eigenvalue weighted by molar-refractivity contribution is 6.03. The molecule has 0 atom stereocenters. The highest BCUT2D eigenvalue weighted by Crippen LogP contribution is 2.36. The van der Waals surface area contributed by atoms with Crippen molar-refractivity contribution in [3.63, 3.8) is 0 Å². The van der Waals surface area contributed by atoms with Crippen LogP contribution in [-0.2, 0) is 7.05 Å². The minimum Gasteiger partial charge on any atom is -0.492 e. The summed E-state index contributed by atoms with van der Waals surface area (Å²) in [5.41, 5.74) is 3.69. The number of nitrogens with zero attached hydrogens (tertiary/aromatic N) is 4. The number of carbonyl (C=O) groups is 1. The predicted octanol–water partition coefficient (Wildman–Crippen LogP) is 3.42. The van der Waals surface area contributed by atoms with Crippen LogP contribution in [-0.4, -0.2) is 52.0 Å². The van der Waals surface area contributed by atoms with Gasteiger partial charge in [-0.3, -0.25) is 14.4 Å². The summed E-state index contributed by atoms with van der Waals surface area (Å²) in [6.45, 7) is 7.57. The van der Waals surface area contributed by atoms with Crippen LogP contribution in [0.15, 0.2) is 35.0 Å². The Bertz CT molecular complexity index is 1010. The molecule has 158 valence electrons. The number of carbonyl (C=O) groups excluding carboxylic acids is 1. The van der Waals surface area contributed by atoms with Crippen LogP contribution < -0.4 is 10.1 Å². The summed E-state index contributed by atoms with van der Waals surface area (Å²) in [6, 6.07) is 7.33. The van der Waals surface area contributed by atoms with Crippen molar-refractivity contribution < 1.29 is 14.1 Å². The number of anilines is 1. The zero-order valence-electron chi connectivity index (χ0n) is 17.6. The maximum Gasteiger partial charge on any atom is 0.273 e. The van der Waals surface area contributed by atoms with Crippen LogP contribution in [0.5, 0.6) is 5.75 Å². The molecule has 0 saturated carbocycles. The Morgan fingerprint density at radius 1 is 1.23 bits per heavy atom. The van der Waals surface area contributed by atoms with E-state index in [-0.39, 0.29) is 5.91 Å². The second kappa shape index (κ2) is 8.71. The molecule has 1 aromatic carbocycles. The molecule has 0 radical (unpaired) electrons. The van der Waals surface area contributed by atoms with Gasteiger partial charge in [-0.05, 0) is 64.0 Å². The molecule has 1 aliphatic rings. The van der Waals surface area contributed by atoms with E-state index in [9.17, 15) is 4.79 Å². The van der Waals surface area contributed by atoms with Gasteiger partial charge in [-0.2, -0.15) is 5.10 Å². The molecular formula is C22H27N5O3. The second-order valence-electron chi connectivity index (χ2n) is 7.60. The third-order valence-corrected chi connectivity index (χ3v) is 5.46. The van der Waals surface area contributed by atoms with Gasteiger partial charge in [0.2, 0.25) is 0 Å². The van der Waals surface area contributed by atoms with Crippen LogP contribution in [0.4, 0.5) is 5.69 Å². The number of rotatable bonds is 7. The Labute approximate surface area is 175 Å². The number of nitrogens with one attached hydrogen (secondary N) is 1. The van der Waals surface area contributed by atoms with E-state index in [4.69, 9.17) is 9.26 Å². The number of aromatic nitrogens is 3. The van der Waals surface area contributed by atoms with Crippen LogP contribution in [0.25, 0.3) is 11.1 Å². The SMILES string of the molecule is Cc1noc(C)c1-c1cc(NC(=O)c2ccnn2C)ccc1OCCN1CCCC1. The van der Waals surface area contributed by atoms with Crippen molar-refractivity contribution in [1.82, 2.24) is 19.8 Å². The third-order valence-electron chi connectivity index (χ3n) is 5.46. The van der Waals surface area contributed by atoms with Gasteiger partial charge in [0, 0.05) is 31.0 Å². The molecule has 1 fully saturated rings. The zero-order valence-corrected chi connectivity index (χ0v) is 17.6. The standard InChI is InChI=1S/C22H27N5O3/c1-15-21(16(2)30-25-15)18-14-17(24-22(28)19-8-9-23-26(19)3)6-7-20(18)29-13-12-27-10-4-5-11-27/h6-9,14H,4-5,10-13H2,1-3H3,(H,24,28). The zero-order chi connectivity index (χ0) is 21.1. The lowest BCUT2D eigenvalue weighted by Gasteiger charge is -2.17. The lowest BCUT2D eigenvalue weighted by atomic mass is 10.0. The maximum absolute atomic E-state index is 12.6. The minimum absolute atomic E-state index is 0.220. The van der Waals surface area contributed by atoms with E-state index in [0.717, 1.165) is 42.2 Å². The molecular weight excluding hydrogens is 382 g/mol. The fourth-order valence-electron chi connectivity index (χ4n) is 3.88. The van der Waals surface area contributed by atoms with Gasteiger partial charge in [0.05, 0.1) is 11.3 Å². The molecule has 0 aliphatic carbocycles. The molecule has 8 heteroatoms. The predicted molar refractivity (Wildman–Crippen MR) is 114 cm³/mol. The fourth-order valence-corrected chi connectivity index (χ4v) is 3.88. The number of likely N-dealkylation sites (tertiary alicyclic amines) is 1. The average Bonchev–Trinajstić information content (AvgIpc) is 3.45. The van der Waals surface area contributed by atoms with Crippen molar-refractivity contribution in [3.8, 4) is 16.9 Å². The van der Waals surface area contributed by atoms with Gasteiger partial charge in [-0.1, -0.05) is 5.16 Å². The topological polar surface area (TPSA) is 85.4 Å². The Hall–Kier alpha value is -3.13. The highest BCUT2D eigenvalue weighted by Gasteiger charge is 2.19. The molecule has 1 saturated heterocycles. The van der Waals surface area contributed by atoms with Crippen molar-refractivity contribution in [2.45, 2.75) is 26.7 Å². The summed E-state index contributed by atoms with van der Waals surface area (Å²) >= 11 is 0. The molecule has 2 aromatic heterocycles. The van der Waals surface area contributed by atoms with E-state index in [1.54, 1.807) is 24.0 Å². The summed E-state index contributed by atoms with van der Waals surface area (Å²) in [6.07, 6.45) is 4.12. The first-order valence-electron chi connectivity index (χ1n) is 10.2. The van der Waals surface area contributed by atoms with E-state index in [1.165, 1.54) is 12.8 Å². The molecule has 4 rings (SSSR count). The van der Waals surface area contributed by atoms with E-state index in [2.05, 4.69) is 20.5 Å². The molecule has 0 unspecified atom stereocenters. The summed E-state index contributed by atoms with van der Waals surface area (Å²) in [4.78, 5) is 15.0. The fraction of sp³-hybridized carbons (Fsp3) is 0.409.